The molecule has 1 aromatic rings. The van der Waals surface area contributed by atoms with E-state index in [0.29, 0.717) is 6.04 Å². The largest absolute Gasteiger partial charge is 0.311 e. The highest BCUT2D eigenvalue weighted by atomic mass is 19.1. The summed E-state index contributed by atoms with van der Waals surface area (Å²) in [4.78, 5) is 2.50. The maximum absolute atomic E-state index is 13.3. The van der Waals surface area contributed by atoms with E-state index in [1.807, 2.05) is 6.07 Å². The van der Waals surface area contributed by atoms with Gasteiger partial charge in [-0.05, 0) is 50.3 Å². The molecule has 1 N–H and O–H groups in total. The van der Waals surface area contributed by atoms with Gasteiger partial charge in [0, 0.05) is 31.2 Å². The van der Waals surface area contributed by atoms with Gasteiger partial charge in [0.25, 0.3) is 0 Å². The van der Waals surface area contributed by atoms with Gasteiger partial charge in [0.1, 0.15) is 5.82 Å². The fraction of sp³-hybridized carbons (Fsp3) is 0.625. The summed E-state index contributed by atoms with van der Waals surface area (Å²) in [7, 11) is 0. The molecule has 2 nitrogen and oxygen atoms in total. The first kappa shape index (κ1) is 13.1. The topological polar surface area (TPSA) is 15.3 Å². The average Bonchev–Trinajstić information content (AvgIpc) is 3.16. The Kier molecular flexibility index (Phi) is 3.35. The summed E-state index contributed by atoms with van der Waals surface area (Å²) in [6.45, 7) is 7.47. The van der Waals surface area contributed by atoms with Gasteiger partial charge in [-0.15, -0.1) is 0 Å². The van der Waals surface area contributed by atoms with E-state index in [1.54, 1.807) is 12.1 Å². The highest BCUT2D eigenvalue weighted by molar-refractivity contribution is 5.17. The third kappa shape index (κ3) is 2.98. The molecule has 0 amide bonds. The summed E-state index contributed by atoms with van der Waals surface area (Å²) in [6, 6.07) is 7.62. The second-order valence-corrected chi connectivity index (χ2v) is 6.65. The maximum atomic E-state index is 13.3. The first-order valence-electron chi connectivity index (χ1n) is 7.27. The summed E-state index contributed by atoms with van der Waals surface area (Å²) in [5.74, 6) is 0.732. The lowest BCUT2D eigenvalue weighted by atomic mass is 9.95. The van der Waals surface area contributed by atoms with E-state index in [-0.39, 0.29) is 11.4 Å². The average molecular weight is 262 g/mol. The van der Waals surface area contributed by atoms with Crippen molar-refractivity contribution in [2.45, 2.75) is 44.8 Å². The van der Waals surface area contributed by atoms with Crippen LogP contribution in [-0.2, 0) is 6.54 Å². The Labute approximate surface area is 115 Å². The highest BCUT2D eigenvalue weighted by Crippen LogP contribution is 2.36. The van der Waals surface area contributed by atoms with Crippen molar-refractivity contribution < 1.29 is 4.39 Å². The Bertz CT molecular complexity index is 454. The number of rotatable bonds is 3. The van der Waals surface area contributed by atoms with Gasteiger partial charge in [0.2, 0.25) is 0 Å². The molecule has 1 aliphatic carbocycles. The smallest absolute Gasteiger partial charge is 0.123 e. The van der Waals surface area contributed by atoms with Crippen LogP contribution in [0.2, 0.25) is 0 Å². The molecule has 0 radical (unpaired) electrons. The van der Waals surface area contributed by atoms with Crippen molar-refractivity contribution in [1.82, 2.24) is 10.2 Å². The molecule has 104 valence electrons. The predicted octanol–water partition coefficient (Wildman–Crippen LogP) is 2.79. The molecule has 0 bridgehead atoms. The molecule has 3 rings (SSSR count). The van der Waals surface area contributed by atoms with Crippen LogP contribution in [0.1, 0.15) is 32.3 Å². The Hall–Kier alpha value is -0.930. The summed E-state index contributed by atoms with van der Waals surface area (Å²) in [5.41, 5.74) is 1.21. The van der Waals surface area contributed by atoms with Crippen molar-refractivity contribution in [1.29, 1.82) is 0 Å². The van der Waals surface area contributed by atoms with Crippen LogP contribution in [0.5, 0.6) is 0 Å². The van der Waals surface area contributed by atoms with Crippen LogP contribution in [0.25, 0.3) is 0 Å². The van der Waals surface area contributed by atoms with Gasteiger partial charge in [-0.25, -0.2) is 4.39 Å². The van der Waals surface area contributed by atoms with Crippen molar-refractivity contribution in [2.75, 3.05) is 13.1 Å². The summed E-state index contributed by atoms with van der Waals surface area (Å²) >= 11 is 0. The van der Waals surface area contributed by atoms with E-state index >= 15 is 0 Å². The summed E-state index contributed by atoms with van der Waals surface area (Å²) in [6.07, 6.45) is 2.73. The Balaban J connectivity index is 1.72. The van der Waals surface area contributed by atoms with E-state index < -0.39 is 0 Å². The zero-order chi connectivity index (χ0) is 13.5. The molecular weight excluding hydrogens is 239 g/mol. The maximum Gasteiger partial charge on any atom is 0.123 e. The first-order chi connectivity index (χ1) is 9.04. The van der Waals surface area contributed by atoms with Gasteiger partial charge < -0.3 is 5.32 Å². The predicted molar refractivity (Wildman–Crippen MR) is 75.4 cm³/mol. The summed E-state index contributed by atoms with van der Waals surface area (Å²) in [5, 5.41) is 3.68. The van der Waals surface area contributed by atoms with Crippen molar-refractivity contribution in [3.63, 3.8) is 0 Å². The number of hydrogen-bond donors (Lipinski definition) is 1. The lowest BCUT2D eigenvalue weighted by Gasteiger charge is -2.46. The van der Waals surface area contributed by atoms with Crippen molar-refractivity contribution in [3.05, 3.63) is 35.6 Å². The van der Waals surface area contributed by atoms with E-state index in [9.17, 15) is 4.39 Å². The van der Waals surface area contributed by atoms with E-state index in [2.05, 4.69) is 24.1 Å². The van der Waals surface area contributed by atoms with Gasteiger partial charge in [-0.2, -0.15) is 0 Å². The normalized spacial score (nSPS) is 27.4. The zero-order valence-corrected chi connectivity index (χ0v) is 11.8. The minimum absolute atomic E-state index is 0.135. The minimum atomic E-state index is -0.135. The lowest BCUT2D eigenvalue weighted by Crippen LogP contribution is -2.62. The van der Waals surface area contributed by atoms with Gasteiger partial charge >= 0.3 is 0 Å². The zero-order valence-electron chi connectivity index (χ0n) is 11.8. The molecule has 1 saturated carbocycles. The first-order valence-corrected chi connectivity index (χ1v) is 7.27. The number of hydrogen-bond acceptors (Lipinski definition) is 2. The third-order valence-corrected chi connectivity index (χ3v) is 4.52. The van der Waals surface area contributed by atoms with E-state index in [4.69, 9.17) is 0 Å². The molecule has 1 saturated heterocycles. The number of benzene rings is 1. The molecular formula is C16H23FN2. The number of nitrogens with zero attached hydrogens (tertiary/aromatic N) is 1. The Morgan fingerprint density at radius 3 is 2.84 bits per heavy atom. The number of nitrogens with one attached hydrogen (secondary N) is 1. The molecule has 3 heteroatoms. The highest BCUT2D eigenvalue weighted by Gasteiger charge is 2.40. The fourth-order valence-corrected chi connectivity index (χ4v) is 2.99. The second-order valence-electron chi connectivity index (χ2n) is 6.65. The molecule has 0 spiro atoms. The van der Waals surface area contributed by atoms with Crippen LogP contribution >= 0.6 is 0 Å². The fourth-order valence-electron chi connectivity index (χ4n) is 2.99. The van der Waals surface area contributed by atoms with Crippen molar-refractivity contribution in [2.24, 2.45) is 5.92 Å². The van der Waals surface area contributed by atoms with Gasteiger partial charge in [0.15, 0.2) is 0 Å². The number of piperazine rings is 1. The number of halogens is 1. The second kappa shape index (κ2) is 4.88. The van der Waals surface area contributed by atoms with Crippen LogP contribution in [0.15, 0.2) is 24.3 Å². The molecule has 1 aliphatic heterocycles. The van der Waals surface area contributed by atoms with E-state index in [0.717, 1.165) is 31.1 Å². The van der Waals surface area contributed by atoms with Crippen LogP contribution < -0.4 is 5.32 Å². The third-order valence-electron chi connectivity index (χ3n) is 4.52. The van der Waals surface area contributed by atoms with Crippen LogP contribution in [0.3, 0.4) is 0 Å². The van der Waals surface area contributed by atoms with Gasteiger partial charge in [-0.3, -0.25) is 4.90 Å². The molecule has 1 heterocycles. The minimum Gasteiger partial charge on any atom is -0.311 e. The molecule has 0 aromatic heterocycles. The quantitative estimate of drug-likeness (QED) is 0.901. The monoisotopic (exact) mass is 262 g/mol. The summed E-state index contributed by atoms with van der Waals surface area (Å²) < 4.78 is 13.3. The van der Waals surface area contributed by atoms with Crippen LogP contribution in [0.4, 0.5) is 4.39 Å². The lowest BCUT2D eigenvalue weighted by molar-refractivity contribution is 0.0533. The molecule has 1 atom stereocenters. The van der Waals surface area contributed by atoms with Gasteiger partial charge in [0.05, 0.1) is 0 Å². The molecule has 19 heavy (non-hydrogen) atoms. The van der Waals surface area contributed by atoms with Gasteiger partial charge in [-0.1, -0.05) is 12.1 Å². The van der Waals surface area contributed by atoms with Crippen LogP contribution in [0, 0.1) is 11.7 Å². The van der Waals surface area contributed by atoms with Crippen molar-refractivity contribution >= 4 is 0 Å². The van der Waals surface area contributed by atoms with Crippen LogP contribution in [-0.4, -0.2) is 29.6 Å². The SMILES string of the molecule is CC1(C)CNC(C2CC2)CN1Cc1cccc(F)c1. The molecule has 1 aromatic carbocycles. The molecule has 2 fully saturated rings. The van der Waals surface area contributed by atoms with E-state index in [1.165, 1.54) is 18.9 Å². The Morgan fingerprint density at radius 1 is 1.37 bits per heavy atom. The Morgan fingerprint density at radius 2 is 2.16 bits per heavy atom. The molecule has 1 unspecified atom stereocenters. The molecule has 2 aliphatic rings. The van der Waals surface area contributed by atoms with Crippen molar-refractivity contribution in [3.8, 4) is 0 Å². The standard InChI is InChI=1S/C16H23FN2/c1-16(2)11-18-15(13-6-7-13)10-19(16)9-12-4-3-5-14(17)8-12/h3-5,8,13,15,18H,6-7,9-11H2,1-2H3.